The lowest BCUT2D eigenvalue weighted by Crippen LogP contribution is -2.13. The van der Waals surface area contributed by atoms with Crippen LogP contribution >= 0.6 is 12.2 Å². The fourth-order valence-corrected chi connectivity index (χ4v) is 1.09. The van der Waals surface area contributed by atoms with Crippen molar-refractivity contribution in [1.82, 2.24) is 0 Å². The van der Waals surface area contributed by atoms with Crippen LogP contribution in [0.15, 0.2) is 4.99 Å². The molecule has 0 aromatic carbocycles. The molecule has 50 valence electrons. The zero-order valence-electron chi connectivity index (χ0n) is 5.33. The maximum Gasteiger partial charge on any atom is 0.0883 e. The summed E-state index contributed by atoms with van der Waals surface area (Å²) in [7, 11) is 0. The first kappa shape index (κ1) is 6.87. The molecule has 1 heterocycles. The van der Waals surface area contributed by atoms with Gasteiger partial charge in [-0.25, -0.2) is 4.99 Å². The van der Waals surface area contributed by atoms with Gasteiger partial charge in [0, 0.05) is 6.61 Å². The number of hydrogen-bond donors (Lipinski definition) is 0. The highest BCUT2D eigenvalue weighted by molar-refractivity contribution is 7.78. The van der Waals surface area contributed by atoms with Crippen molar-refractivity contribution in [3.8, 4) is 0 Å². The van der Waals surface area contributed by atoms with Gasteiger partial charge in [0.2, 0.25) is 0 Å². The van der Waals surface area contributed by atoms with Crippen molar-refractivity contribution in [3.05, 3.63) is 0 Å². The second-order valence-corrected chi connectivity index (χ2v) is 2.33. The van der Waals surface area contributed by atoms with E-state index in [-0.39, 0.29) is 12.1 Å². The van der Waals surface area contributed by atoms with Crippen LogP contribution < -0.4 is 0 Å². The van der Waals surface area contributed by atoms with Crippen molar-refractivity contribution in [2.75, 3.05) is 6.61 Å². The Bertz CT molecular complexity index is 142. The molecule has 0 N–H and O–H groups in total. The van der Waals surface area contributed by atoms with Gasteiger partial charge in [-0.1, -0.05) is 0 Å². The SMILES string of the molecule is CC1OCCC1N=C=S. The van der Waals surface area contributed by atoms with Gasteiger partial charge in [-0.3, -0.25) is 0 Å². The first-order valence-corrected chi connectivity index (χ1v) is 3.44. The molecule has 9 heavy (non-hydrogen) atoms. The lowest BCUT2D eigenvalue weighted by Gasteiger charge is -2.04. The summed E-state index contributed by atoms with van der Waals surface area (Å²) < 4.78 is 5.24. The molecule has 1 aliphatic heterocycles. The van der Waals surface area contributed by atoms with E-state index in [0.29, 0.717) is 0 Å². The van der Waals surface area contributed by atoms with Gasteiger partial charge in [0.05, 0.1) is 17.3 Å². The van der Waals surface area contributed by atoms with Crippen molar-refractivity contribution in [2.45, 2.75) is 25.5 Å². The summed E-state index contributed by atoms with van der Waals surface area (Å²) in [6.45, 7) is 2.82. The maximum atomic E-state index is 5.24. The summed E-state index contributed by atoms with van der Waals surface area (Å²) in [6.07, 6.45) is 1.23. The Balaban J connectivity index is 2.49. The monoisotopic (exact) mass is 143 g/mol. The van der Waals surface area contributed by atoms with Crippen LogP contribution in [-0.2, 0) is 4.74 Å². The number of aliphatic imine (C=N–C) groups is 1. The van der Waals surface area contributed by atoms with Gasteiger partial charge < -0.3 is 4.74 Å². The van der Waals surface area contributed by atoms with Crippen molar-refractivity contribution < 1.29 is 4.74 Å². The minimum atomic E-state index is 0.237. The van der Waals surface area contributed by atoms with Crippen LogP contribution in [0, 0.1) is 0 Å². The first-order chi connectivity index (χ1) is 4.34. The summed E-state index contributed by atoms with van der Waals surface area (Å²) in [4.78, 5) is 3.94. The molecule has 0 saturated carbocycles. The topological polar surface area (TPSA) is 21.6 Å². The van der Waals surface area contributed by atoms with Crippen molar-refractivity contribution in [3.63, 3.8) is 0 Å². The van der Waals surface area contributed by atoms with E-state index < -0.39 is 0 Å². The third-order valence-electron chi connectivity index (χ3n) is 1.55. The standard InChI is InChI=1S/C6H9NOS/c1-5-6(7-4-9)2-3-8-5/h5-6H,2-3H2,1H3. The molecule has 0 radical (unpaired) electrons. The highest BCUT2D eigenvalue weighted by atomic mass is 32.1. The molecular formula is C6H9NOS. The molecule has 1 fully saturated rings. The Morgan fingerprint density at radius 3 is 3.00 bits per heavy atom. The summed E-state index contributed by atoms with van der Waals surface area (Å²) in [5.74, 6) is 0. The molecule has 1 rings (SSSR count). The van der Waals surface area contributed by atoms with Gasteiger partial charge in [-0.2, -0.15) is 0 Å². The highest BCUT2D eigenvalue weighted by Crippen LogP contribution is 2.15. The Hall–Kier alpha value is -0.240. The van der Waals surface area contributed by atoms with E-state index in [2.05, 4.69) is 22.4 Å². The predicted molar refractivity (Wildman–Crippen MR) is 38.8 cm³/mol. The van der Waals surface area contributed by atoms with Crippen molar-refractivity contribution >= 4 is 17.4 Å². The molecular weight excluding hydrogens is 134 g/mol. The van der Waals surface area contributed by atoms with E-state index in [9.17, 15) is 0 Å². The Morgan fingerprint density at radius 2 is 2.56 bits per heavy atom. The lowest BCUT2D eigenvalue weighted by atomic mass is 10.2. The number of thiocarbonyl (C=S) groups is 1. The molecule has 1 aliphatic rings. The second kappa shape index (κ2) is 3.06. The molecule has 2 unspecified atom stereocenters. The van der Waals surface area contributed by atoms with Crippen LogP contribution in [0.2, 0.25) is 0 Å². The number of rotatable bonds is 1. The van der Waals surface area contributed by atoms with Gasteiger partial charge in [0.15, 0.2) is 0 Å². The summed E-state index contributed by atoms with van der Waals surface area (Å²) in [5, 5.41) is 2.37. The Labute approximate surface area is 59.9 Å². The fourth-order valence-electron chi connectivity index (χ4n) is 0.958. The van der Waals surface area contributed by atoms with Crippen LogP contribution in [0.4, 0.5) is 0 Å². The molecule has 1 saturated heterocycles. The van der Waals surface area contributed by atoms with Crippen LogP contribution in [0.3, 0.4) is 0 Å². The van der Waals surface area contributed by atoms with E-state index >= 15 is 0 Å². The van der Waals surface area contributed by atoms with E-state index in [0.717, 1.165) is 13.0 Å². The molecule has 0 aliphatic carbocycles. The fraction of sp³-hybridized carbons (Fsp3) is 0.833. The summed E-state index contributed by atoms with van der Waals surface area (Å²) in [5.41, 5.74) is 0. The van der Waals surface area contributed by atoms with E-state index in [1.165, 1.54) is 0 Å². The maximum absolute atomic E-state index is 5.24. The summed E-state index contributed by atoms with van der Waals surface area (Å²) >= 11 is 4.47. The van der Waals surface area contributed by atoms with E-state index in [1.807, 2.05) is 6.92 Å². The van der Waals surface area contributed by atoms with Crippen LogP contribution in [0.5, 0.6) is 0 Å². The average Bonchev–Trinajstić information content (AvgIpc) is 2.18. The molecule has 0 aromatic heterocycles. The third kappa shape index (κ3) is 1.58. The number of ether oxygens (including phenoxy) is 1. The number of hydrogen-bond acceptors (Lipinski definition) is 3. The number of nitrogens with zero attached hydrogens (tertiary/aromatic N) is 1. The summed E-state index contributed by atoms with van der Waals surface area (Å²) in [6, 6.07) is 0.266. The lowest BCUT2D eigenvalue weighted by molar-refractivity contribution is 0.119. The van der Waals surface area contributed by atoms with E-state index in [4.69, 9.17) is 4.74 Å². The Morgan fingerprint density at radius 1 is 1.78 bits per heavy atom. The minimum absolute atomic E-state index is 0.237. The molecule has 0 aromatic rings. The molecule has 2 atom stereocenters. The molecule has 0 amide bonds. The molecule has 0 spiro atoms. The third-order valence-corrected chi connectivity index (χ3v) is 1.66. The second-order valence-electron chi connectivity index (χ2n) is 2.15. The van der Waals surface area contributed by atoms with Gasteiger partial charge in [-0.05, 0) is 25.6 Å². The van der Waals surface area contributed by atoms with Crippen LogP contribution in [0.1, 0.15) is 13.3 Å². The van der Waals surface area contributed by atoms with Crippen LogP contribution in [-0.4, -0.2) is 23.9 Å². The molecule has 2 nitrogen and oxygen atoms in total. The molecule has 0 bridgehead atoms. The van der Waals surface area contributed by atoms with Gasteiger partial charge >= 0.3 is 0 Å². The molecule has 3 heteroatoms. The Kier molecular flexibility index (Phi) is 2.34. The van der Waals surface area contributed by atoms with Crippen molar-refractivity contribution in [2.24, 2.45) is 4.99 Å². The quantitative estimate of drug-likeness (QED) is 0.407. The first-order valence-electron chi connectivity index (χ1n) is 3.03. The zero-order valence-corrected chi connectivity index (χ0v) is 6.15. The predicted octanol–water partition coefficient (Wildman–Crippen LogP) is 1.27. The highest BCUT2D eigenvalue weighted by Gasteiger charge is 2.22. The normalized spacial score (nSPS) is 33.9. The average molecular weight is 143 g/mol. The van der Waals surface area contributed by atoms with Crippen molar-refractivity contribution in [1.29, 1.82) is 0 Å². The van der Waals surface area contributed by atoms with Gasteiger partial charge in [0.1, 0.15) is 0 Å². The number of isothiocyanates is 1. The minimum Gasteiger partial charge on any atom is -0.376 e. The van der Waals surface area contributed by atoms with Crippen LogP contribution in [0.25, 0.3) is 0 Å². The van der Waals surface area contributed by atoms with E-state index in [1.54, 1.807) is 0 Å². The largest absolute Gasteiger partial charge is 0.376 e. The van der Waals surface area contributed by atoms with Gasteiger partial charge in [-0.15, -0.1) is 0 Å². The zero-order chi connectivity index (χ0) is 6.69. The van der Waals surface area contributed by atoms with Gasteiger partial charge in [0.25, 0.3) is 0 Å². The smallest absolute Gasteiger partial charge is 0.0883 e.